The Hall–Kier alpha value is -2.56. The fraction of sp³-hybridized carbons (Fsp3) is 0. The summed E-state index contributed by atoms with van der Waals surface area (Å²) in [5.74, 6) is 0.351. The van der Waals surface area contributed by atoms with Crippen molar-refractivity contribution in [3.05, 3.63) is 48.3 Å². The lowest BCUT2D eigenvalue weighted by atomic mass is 10.3. The second-order valence-corrected chi connectivity index (χ2v) is 3.81. The number of fused-ring (bicyclic) bond motifs is 1. The van der Waals surface area contributed by atoms with Crippen molar-refractivity contribution >= 4 is 17.0 Å². The van der Waals surface area contributed by atoms with Crippen LogP contribution in [-0.4, -0.2) is 9.97 Å². The summed E-state index contributed by atoms with van der Waals surface area (Å²) in [7, 11) is 0. The zero-order chi connectivity index (χ0) is 12.5. The van der Waals surface area contributed by atoms with E-state index in [1.165, 1.54) is 0 Å². The number of ether oxygens (including phenoxy) is 1. The number of aromatic amines is 1. The zero-order valence-corrected chi connectivity index (χ0v) is 9.35. The van der Waals surface area contributed by atoms with Crippen LogP contribution in [0.3, 0.4) is 0 Å². The van der Waals surface area contributed by atoms with Crippen LogP contribution in [0.4, 0.5) is 10.3 Å². The van der Waals surface area contributed by atoms with Gasteiger partial charge in [-0.05, 0) is 24.3 Å². The number of nitrogens with one attached hydrogen (secondary N) is 1. The highest BCUT2D eigenvalue weighted by Crippen LogP contribution is 2.29. The maximum Gasteiger partial charge on any atom is 0.198 e. The highest BCUT2D eigenvalue weighted by atomic mass is 19.1. The van der Waals surface area contributed by atoms with Crippen LogP contribution in [0.1, 0.15) is 0 Å². The number of benzene rings is 2. The van der Waals surface area contributed by atoms with Crippen LogP contribution in [0.5, 0.6) is 11.5 Å². The van der Waals surface area contributed by atoms with Gasteiger partial charge < -0.3 is 15.5 Å². The van der Waals surface area contributed by atoms with Gasteiger partial charge in [-0.2, -0.15) is 0 Å². The Morgan fingerprint density at radius 1 is 1.11 bits per heavy atom. The molecule has 0 fully saturated rings. The minimum absolute atomic E-state index is 0.125. The van der Waals surface area contributed by atoms with Crippen LogP contribution in [0.25, 0.3) is 11.0 Å². The molecule has 0 atom stereocenters. The molecular formula is C13H10FN3O. The molecule has 0 unspecified atom stereocenters. The smallest absolute Gasteiger partial charge is 0.198 e. The SMILES string of the molecule is Nc1nc2c(F)c(Oc3ccccc3)ccc2[nH]1. The summed E-state index contributed by atoms with van der Waals surface area (Å²) in [5.41, 5.74) is 6.22. The Morgan fingerprint density at radius 3 is 2.67 bits per heavy atom. The molecule has 1 aromatic heterocycles. The third-order valence-electron chi connectivity index (χ3n) is 2.55. The van der Waals surface area contributed by atoms with Crippen molar-refractivity contribution in [2.24, 2.45) is 0 Å². The number of anilines is 1. The molecule has 1 heterocycles. The maximum atomic E-state index is 14.1. The third-order valence-corrected chi connectivity index (χ3v) is 2.55. The first-order valence-corrected chi connectivity index (χ1v) is 5.40. The average molecular weight is 243 g/mol. The van der Waals surface area contributed by atoms with Gasteiger partial charge in [0.25, 0.3) is 0 Å². The average Bonchev–Trinajstić information content (AvgIpc) is 2.76. The largest absolute Gasteiger partial charge is 0.454 e. The number of nitrogen functional groups attached to an aromatic ring is 1. The Labute approximate surface area is 102 Å². The Morgan fingerprint density at radius 2 is 1.89 bits per heavy atom. The van der Waals surface area contributed by atoms with E-state index in [0.717, 1.165) is 0 Å². The summed E-state index contributed by atoms with van der Waals surface area (Å²) in [6, 6.07) is 12.2. The fourth-order valence-electron chi connectivity index (χ4n) is 1.74. The van der Waals surface area contributed by atoms with Gasteiger partial charge in [0.15, 0.2) is 17.5 Å². The third kappa shape index (κ3) is 1.75. The normalized spacial score (nSPS) is 10.7. The minimum Gasteiger partial charge on any atom is -0.454 e. The van der Waals surface area contributed by atoms with Crippen molar-refractivity contribution in [3.8, 4) is 11.5 Å². The number of aromatic nitrogens is 2. The molecule has 4 nitrogen and oxygen atoms in total. The van der Waals surface area contributed by atoms with Gasteiger partial charge in [0.2, 0.25) is 0 Å². The molecule has 0 spiro atoms. The van der Waals surface area contributed by atoms with Crippen LogP contribution in [0.2, 0.25) is 0 Å². The van der Waals surface area contributed by atoms with Crippen molar-refractivity contribution in [1.29, 1.82) is 0 Å². The summed E-state index contributed by atoms with van der Waals surface area (Å²) in [5, 5.41) is 0. The fourth-order valence-corrected chi connectivity index (χ4v) is 1.74. The molecule has 0 aliphatic rings. The first-order valence-electron chi connectivity index (χ1n) is 5.40. The number of hydrogen-bond donors (Lipinski definition) is 2. The molecule has 0 saturated carbocycles. The Bertz CT molecular complexity index is 694. The van der Waals surface area contributed by atoms with Crippen molar-refractivity contribution < 1.29 is 9.13 Å². The van der Waals surface area contributed by atoms with Crippen molar-refractivity contribution in [2.45, 2.75) is 0 Å². The molecule has 0 amide bonds. The number of para-hydroxylation sites is 1. The second-order valence-electron chi connectivity index (χ2n) is 3.81. The van der Waals surface area contributed by atoms with Crippen molar-refractivity contribution in [2.75, 3.05) is 5.73 Å². The van der Waals surface area contributed by atoms with Gasteiger partial charge in [0.1, 0.15) is 11.3 Å². The number of hydrogen-bond acceptors (Lipinski definition) is 3. The molecule has 3 aromatic rings. The van der Waals surface area contributed by atoms with E-state index >= 15 is 0 Å². The maximum absolute atomic E-state index is 14.1. The number of H-pyrrole nitrogens is 1. The molecule has 5 heteroatoms. The molecular weight excluding hydrogens is 233 g/mol. The molecule has 3 N–H and O–H groups in total. The summed E-state index contributed by atoms with van der Waals surface area (Å²) in [6.07, 6.45) is 0. The lowest BCUT2D eigenvalue weighted by Gasteiger charge is -2.06. The zero-order valence-electron chi connectivity index (χ0n) is 9.35. The number of nitrogens with two attached hydrogens (primary N) is 1. The molecule has 0 saturated heterocycles. The molecule has 0 aliphatic heterocycles. The molecule has 0 radical (unpaired) electrons. The summed E-state index contributed by atoms with van der Waals surface area (Å²) in [6.45, 7) is 0. The van der Waals surface area contributed by atoms with Gasteiger partial charge in [0.05, 0.1) is 5.52 Å². The van der Waals surface area contributed by atoms with E-state index in [0.29, 0.717) is 11.3 Å². The van der Waals surface area contributed by atoms with E-state index in [1.807, 2.05) is 18.2 Å². The van der Waals surface area contributed by atoms with Gasteiger partial charge >= 0.3 is 0 Å². The first kappa shape index (κ1) is 10.6. The molecule has 90 valence electrons. The van der Waals surface area contributed by atoms with Crippen LogP contribution in [0, 0.1) is 5.82 Å². The molecule has 0 bridgehead atoms. The highest BCUT2D eigenvalue weighted by Gasteiger charge is 2.12. The predicted molar refractivity (Wildman–Crippen MR) is 67.0 cm³/mol. The van der Waals surface area contributed by atoms with E-state index in [4.69, 9.17) is 10.5 Å². The monoisotopic (exact) mass is 243 g/mol. The summed E-state index contributed by atoms with van der Waals surface area (Å²) >= 11 is 0. The number of imidazole rings is 1. The highest BCUT2D eigenvalue weighted by molar-refractivity contribution is 5.79. The van der Waals surface area contributed by atoms with Crippen molar-refractivity contribution in [3.63, 3.8) is 0 Å². The number of rotatable bonds is 2. The minimum atomic E-state index is -0.524. The predicted octanol–water partition coefficient (Wildman–Crippen LogP) is 3.08. The van der Waals surface area contributed by atoms with Crippen LogP contribution < -0.4 is 10.5 Å². The number of nitrogens with zero attached hydrogens (tertiary/aromatic N) is 1. The second kappa shape index (κ2) is 4.03. The lowest BCUT2D eigenvalue weighted by molar-refractivity contribution is 0.445. The van der Waals surface area contributed by atoms with Crippen LogP contribution >= 0.6 is 0 Å². The van der Waals surface area contributed by atoms with Gasteiger partial charge in [-0.1, -0.05) is 18.2 Å². The number of halogens is 1. The standard InChI is InChI=1S/C13H10FN3O/c14-11-10(18-8-4-2-1-3-5-8)7-6-9-12(11)17-13(15)16-9/h1-7H,(H3,15,16,17). The quantitative estimate of drug-likeness (QED) is 0.727. The van der Waals surface area contributed by atoms with E-state index < -0.39 is 5.82 Å². The molecule has 18 heavy (non-hydrogen) atoms. The van der Waals surface area contributed by atoms with Gasteiger partial charge in [-0.25, -0.2) is 9.37 Å². The van der Waals surface area contributed by atoms with Crippen molar-refractivity contribution in [1.82, 2.24) is 9.97 Å². The lowest BCUT2D eigenvalue weighted by Crippen LogP contribution is -1.89. The molecule has 2 aromatic carbocycles. The Balaban J connectivity index is 2.05. The molecule has 0 aliphatic carbocycles. The van der Waals surface area contributed by atoms with E-state index in [-0.39, 0.29) is 17.2 Å². The van der Waals surface area contributed by atoms with E-state index in [9.17, 15) is 4.39 Å². The van der Waals surface area contributed by atoms with Gasteiger partial charge in [-0.3, -0.25) is 0 Å². The first-order chi connectivity index (χ1) is 8.74. The van der Waals surface area contributed by atoms with Gasteiger partial charge in [-0.15, -0.1) is 0 Å². The summed E-state index contributed by atoms with van der Waals surface area (Å²) < 4.78 is 19.6. The summed E-state index contributed by atoms with van der Waals surface area (Å²) in [4.78, 5) is 6.64. The topological polar surface area (TPSA) is 63.9 Å². The van der Waals surface area contributed by atoms with Crippen LogP contribution in [0.15, 0.2) is 42.5 Å². The van der Waals surface area contributed by atoms with E-state index in [2.05, 4.69) is 9.97 Å². The van der Waals surface area contributed by atoms with Gasteiger partial charge in [0, 0.05) is 0 Å². The molecule has 3 rings (SSSR count). The van der Waals surface area contributed by atoms with E-state index in [1.54, 1.807) is 24.3 Å². The van der Waals surface area contributed by atoms with Crippen LogP contribution in [-0.2, 0) is 0 Å². The Kier molecular flexibility index (Phi) is 2.37.